The molecule has 7 heteroatoms. The third-order valence-electron chi connectivity index (χ3n) is 5.68. The molecule has 1 unspecified atom stereocenters. The van der Waals surface area contributed by atoms with Crippen LogP contribution in [0.2, 0.25) is 0 Å². The van der Waals surface area contributed by atoms with Gasteiger partial charge in [0, 0.05) is 44.0 Å². The summed E-state index contributed by atoms with van der Waals surface area (Å²) < 4.78 is 19.1. The van der Waals surface area contributed by atoms with Crippen LogP contribution in [-0.2, 0) is 4.74 Å². The van der Waals surface area contributed by atoms with Crippen LogP contribution in [0.4, 0.5) is 0 Å². The van der Waals surface area contributed by atoms with Gasteiger partial charge in [0.25, 0.3) is 0 Å². The molecule has 3 rings (SSSR count). The van der Waals surface area contributed by atoms with Crippen LogP contribution in [0.15, 0.2) is 29.2 Å². The Balaban J connectivity index is 2.21. The van der Waals surface area contributed by atoms with Gasteiger partial charge in [-0.05, 0) is 25.3 Å². The number of ether oxygens (including phenoxy) is 3. The fourth-order valence-corrected chi connectivity index (χ4v) is 3.86. The van der Waals surface area contributed by atoms with Gasteiger partial charge < -0.3 is 18.8 Å². The zero-order valence-electron chi connectivity index (χ0n) is 19.6. The van der Waals surface area contributed by atoms with Gasteiger partial charge in [0.15, 0.2) is 17.0 Å². The first-order valence-corrected chi connectivity index (χ1v) is 10.8. The lowest BCUT2D eigenvalue weighted by Gasteiger charge is -2.32. The van der Waals surface area contributed by atoms with Crippen molar-refractivity contribution < 1.29 is 23.8 Å². The molecule has 0 aliphatic carbocycles. The first-order chi connectivity index (χ1) is 15.0. The molecule has 7 nitrogen and oxygen atoms in total. The monoisotopic (exact) mass is 441 g/mol. The number of methoxy groups -OCH3 is 1. The number of ketones is 2. The second kappa shape index (κ2) is 9.28. The molecule has 1 aromatic heterocycles. The zero-order valence-corrected chi connectivity index (χ0v) is 19.6. The normalized spacial score (nSPS) is 15.2. The molecule has 1 aromatic carbocycles. The van der Waals surface area contributed by atoms with E-state index >= 15 is 0 Å². The Labute approximate surface area is 188 Å². The molecule has 0 fully saturated rings. The van der Waals surface area contributed by atoms with Crippen molar-refractivity contribution in [1.82, 2.24) is 4.57 Å². The predicted molar refractivity (Wildman–Crippen MR) is 122 cm³/mol. The van der Waals surface area contributed by atoms with Crippen molar-refractivity contribution in [2.24, 2.45) is 5.41 Å². The Morgan fingerprint density at radius 1 is 1.09 bits per heavy atom. The molecule has 0 saturated heterocycles. The third-order valence-corrected chi connectivity index (χ3v) is 5.68. The highest BCUT2D eigenvalue weighted by Crippen LogP contribution is 2.43. The number of benzene rings is 1. The van der Waals surface area contributed by atoms with Gasteiger partial charge in [0.1, 0.15) is 18.1 Å². The van der Waals surface area contributed by atoms with Crippen LogP contribution in [0.25, 0.3) is 11.3 Å². The smallest absolute Gasteiger partial charge is 0.192 e. The van der Waals surface area contributed by atoms with Crippen molar-refractivity contribution in [3.8, 4) is 22.8 Å². The number of fused-ring (bicyclic) bond motifs is 3. The molecule has 0 amide bonds. The van der Waals surface area contributed by atoms with Crippen LogP contribution in [0.1, 0.15) is 67.8 Å². The molecular weight excluding hydrogens is 410 g/mol. The van der Waals surface area contributed by atoms with Crippen LogP contribution in [0.3, 0.4) is 0 Å². The van der Waals surface area contributed by atoms with Gasteiger partial charge in [-0.25, -0.2) is 0 Å². The number of carbonyl (C=O) groups is 2. The Morgan fingerprint density at radius 2 is 1.78 bits per heavy atom. The van der Waals surface area contributed by atoms with Crippen LogP contribution < -0.4 is 14.9 Å². The molecule has 1 atom stereocenters. The lowest BCUT2D eigenvalue weighted by Crippen LogP contribution is -2.31. The van der Waals surface area contributed by atoms with E-state index in [1.54, 1.807) is 25.4 Å². The quantitative estimate of drug-likeness (QED) is 0.470. The molecular formula is C25H31NO6. The number of rotatable bonds is 7. The molecule has 0 N–H and O–H groups in total. The maximum Gasteiger partial charge on any atom is 0.192 e. The standard InChI is InChI=1S/C25H31NO6/c1-15(27)17-10-18-20-11-21(29)19(16(2)28)13-26(20)24(25(3,4)5)14-32-23(18)12-22(17)31-9-7-8-30-6/h10-13,24H,7-9,14H2,1-6H3. The summed E-state index contributed by atoms with van der Waals surface area (Å²) in [6.45, 7) is 10.4. The van der Waals surface area contributed by atoms with Crippen molar-refractivity contribution in [2.45, 2.75) is 47.1 Å². The van der Waals surface area contributed by atoms with Crippen LogP contribution in [-0.4, -0.2) is 43.1 Å². The van der Waals surface area contributed by atoms with Crippen LogP contribution in [0, 0.1) is 5.41 Å². The molecule has 0 spiro atoms. The maximum atomic E-state index is 12.7. The largest absolute Gasteiger partial charge is 0.493 e. The van der Waals surface area contributed by atoms with E-state index in [9.17, 15) is 14.4 Å². The van der Waals surface area contributed by atoms with E-state index in [1.807, 2.05) is 4.57 Å². The summed E-state index contributed by atoms with van der Waals surface area (Å²) in [5, 5.41) is 0. The number of pyridine rings is 1. The fraction of sp³-hybridized carbons (Fsp3) is 0.480. The van der Waals surface area contributed by atoms with E-state index in [2.05, 4.69) is 20.8 Å². The molecule has 0 saturated carbocycles. The summed E-state index contributed by atoms with van der Waals surface area (Å²) in [4.78, 5) is 37.2. The van der Waals surface area contributed by atoms with Crippen molar-refractivity contribution in [3.63, 3.8) is 0 Å². The van der Waals surface area contributed by atoms with Crippen molar-refractivity contribution in [1.29, 1.82) is 0 Å². The van der Waals surface area contributed by atoms with E-state index in [0.29, 0.717) is 54.6 Å². The predicted octanol–water partition coefficient (Wildman–Crippen LogP) is 4.32. The summed E-state index contributed by atoms with van der Waals surface area (Å²) in [7, 11) is 1.62. The number of hydrogen-bond donors (Lipinski definition) is 0. The molecule has 0 bridgehead atoms. The molecule has 2 heterocycles. The average Bonchev–Trinajstić information content (AvgIpc) is 2.85. The fourth-order valence-electron chi connectivity index (χ4n) is 3.86. The number of Topliss-reactive ketones (excluding diaryl/α,β-unsaturated/α-hetero) is 2. The lowest BCUT2D eigenvalue weighted by molar-refractivity contribution is 0.1000. The van der Waals surface area contributed by atoms with Gasteiger partial charge in [-0.2, -0.15) is 0 Å². The van der Waals surface area contributed by atoms with Crippen LogP contribution in [0.5, 0.6) is 11.5 Å². The molecule has 1 aliphatic heterocycles. The molecule has 1 aliphatic rings. The second-order valence-electron chi connectivity index (χ2n) is 9.19. The van der Waals surface area contributed by atoms with Crippen molar-refractivity contribution in [2.75, 3.05) is 26.9 Å². The number of hydrogen-bond acceptors (Lipinski definition) is 6. The molecule has 32 heavy (non-hydrogen) atoms. The highest BCUT2D eigenvalue weighted by molar-refractivity contribution is 5.99. The first kappa shape index (κ1) is 23.7. The van der Waals surface area contributed by atoms with E-state index in [1.165, 1.54) is 19.9 Å². The number of carbonyl (C=O) groups excluding carboxylic acids is 2. The van der Waals surface area contributed by atoms with E-state index in [4.69, 9.17) is 14.2 Å². The SMILES string of the molecule is COCCCOc1cc2c(cc1C(C)=O)-c1cc(=O)c(C(C)=O)cn1C(C(C)(C)C)CO2. The van der Waals surface area contributed by atoms with Crippen LogP contribution >= 0.6 is 0 Å². The number of aromatic nitrogens is 1. The summed E-state index contributed by atoms with van der Waals surface area (Å²) in [6, 6.07) is 4.76. The minimum absolute atomic E-state index is 0.135. The maximum absolute atomic E-state index is 12.7. The minimum Gasteiger partial charge on any atom is -0.493 e. The second-order valence-corrected chi connectivity index (χ2v) is 9.19. The van der Waals surface area contributed by atoms with Gasteiger partial charge in [-0.1, -0.05) is 20.8 Å². The Hall–Kier alpha value is -2.93. The first-order valence-electron chi connectivity index (χ1n) is 10.8. The molecule has 172 valence electrons. The van der Waals surface area contributed by atoms with E-state index < -0.39 is 0 Å². The van der Waals surface area contributed by atoms with Gasteiger partial charge in [-0.3, -0.25) is 14.4 Å². The molecule has 0 radical (unpaired) electrons. The molecule has 2 aromatic rings. The van der Waals surface area contributed by atoms with Crippen molar-refractivity contribution >= 4 is 11.6 Å². The highest BCUT2D eigenvalue weighted by atomic mass is 16.5. The average molecular weight is 442 g/mol. The van der Waals surface area contributed by atoms with Gasteiger partial charge >= 0.3 is 0 Å². The third kappa shape index (κ3) is 4.78. The highest BCUT2D eigenvalue weighted by Gasteiger charge is 2.33. The Morgan fingerprint density at radius 3 is 2.38 bits per heavy atom. The summed E-state index contributed by atoms with van der Waals surface area (Å²) in [6.07, 6.45) is 2.31. The van der Waals surface area contributed by atoms with E-state index in [-0.39, 0.29) is 34.0 Å². The summed E-state index contributed by atoms with van der Waals surface area (Å²) >= 11 is 0. The topological polar surface area (TPSA) is 83.8 Å². The van der Waals surface area contributed by atoms with E-state index in [0.717, 1.165) is 0 Å². The zero-order chi connectivity index (χ0) is 23.6. The Kier molecular flexibility index (Phi) is 6.88. The summed E-state index contributed by atoms with van der Waals surface area (Å²) in [5.74, 6) is 0.538. The summed E-state index contributed by atoms with van der Waals surface area (Å²) in [5.41, 5.74) is 1.21. The minimum atomic E-state index is -0.353. The van der Waals surface area contributed by atoms with Gasteiger partial charge in [-0.15, -0.1) is 0 Å². The van der Waals surface area contributed by atoms with Gasteiger partial charge in [0.05, 0.1) is 29.5 Å². The van der Waals surface area contributed by atoms with Crippen molar-refractivity contribution in [3.05, 3.63) is 45.7 Å². The Bertz CT molecular complexity index is 1090. The number of nitrogens with zero attached hydrogens (tertiary/aromatic N) is 1. The lowest BCUT2D eigenvalue weighted by atomic mass is 9.86. The van der Waals surface area contributed by atoms with Gasteiger partial charge in [0.2, 0.25) is 0 Å².